The van der Waals surface area contributed by atoms with Gasteiger partial charge in [-0.3, -0.25) is 0 Å². The molecule has 146 valence electrons. The van der Waals surface area contributed by atoms with Crippen molar-refractivity contribution < 1.29 is 9.47 Å². The maximum atomic E-state index is 6.18. The van der Waals surface area contributed by atoms with E-state index in [1.165, 1.54) is 11.1 Å². The zero-order valence-electron chi connectivity index (χ0n) is 17.0. The van der Waals surface area contributed by atoms with Gasteiger partial charge in [0, 0.05) is 24.1 Å². The Labute approximate surface area is 164 Å². The van der Waals surface area contributed by atoms with Gasteiger partial charge in [-0.15, -0.1) is 0 Å². The van der Waals surface area contributed by atoms with Crippen LogP contribution in [0.1, 0.15) is 50.7 Å². The molecule has 0 unspecified atom stereocenters. The quantitative estimate of drug-likeness (QED) is 0.659. The summed E-state index contributed by atoms with van der Waals surface area (Å²) >= 11 is 0. The molecule has 1 saturated heterocycles. The van der Waals surface area contributed by atoms with E-state index in [-0.39, 0.29) is 11.0 Å². The number of hydrogen-bond donors (Lipinski definition) is 1. The maximum absolute atomic E-state index is 6.18. The largest absolute Gasteiger partial charge is 0.496 e. The third-order valence-electron chi connectivity index (χ3n) is 6.12. The number of ether oxygens (including phenoxy) is 2. The number of methoxy groups -OCH3 is 1. The molecule has 1 aliphatic heterocycles. The topological polar surface area (TPSA) is 30.5 Å². The first-order valence-electron chi connectivity index (χ1n) is 10.1. The molecule has 1 fully saturated rings. The lowest BCUT2D eigenvalue weighted by molar-refractivity contribution is -0.0982. The van der Waals surface area contributed by atoms with Gasteiger partial charge in [0.05, 0.1) is 12.7 Å². The smallest absolute Gasteiger partial charge is 0.122 e. The Bertz CT molecular complexity index is 717. The highest BCUT2D eigenvalue weighted by Crippen LogP contribution is 2.47. The van der Waals surface area contributed by atoms with Crippen molar-refractivity contribution in [2.24, 2.45) is 0 Å². The van der Waals surface area contributed by atoms with Crippen molar-refractivity contribution in [2.45, 2.75) is 57.1 Å². The summed E-state index contributed by atoms with van der Waals surface area (Å²) in [6, 6.07) is 19.1. The second-order valence-electron chi connectivity index (χ2n) is 7.97. The fourth-order valence-corrected chi connectivity index (χ4v) is 4.39. The molecule has 27 heavy (non-hydrogen) atoms. The number of para-hydroxylation sites is 1. The summed E-state index contributed by atoms with van der Waals surface area (Å²) in [6.45, 7) is 7.18. The molecule has 2 aromatic rings. The minimum Gasteiger partial charge on any atom is -0.496 e. The molecule has 0 spiro atoms. The lowest BCUT2D eigenvalue weighted by Crippen LogP contribution is -2.46. The monoisotopic (exact) mass is 367 g/mol. The molecule has 0 bridgehead atoms. The lowest BCUT2D eigenvalue weighted by Gasteiger charge is -2.47. The van der Waals surface area contributed by atoms with Crippen molar-refractivity contribution in [1.29, 1.82) is 0 Å². The third kappa shape index (κ3) is 4.72. The maximum Gasteiger partial charge on any atom is 0.122 e. The summed E-state index contributed by atoms with van der Waals surface area (Å²) in [5.74, 6) is 1.00. The van der Waals surface area contributed by atoms with Crippen LogP contribution in [0.5, 0.6) is 5.75 Å². The molecule has 0 saturated carbocycles. The summed E-state index contributed by atoms with van der Waals surface area (Å²) in [7, 11) is 1.78. The number of benzene rings is 2. The summed E-state index contributed by atoms with van der Waals surface area (Å²) in [6.07, 6.45) is 4.18. The van der Waals surface area contributed by atoms with Crippen molar-refractivity contribution in [1.82, 2.24) is 5.32 Å². The van der Waals surface area contributed by atoms with Crippen LogP contribution in [0, 0.1) is 0 Å². The molecule has 0 amide bonds. The number of hydrogen-bond acceptors (Lipinski definition) is 3. The van der Waals surface area contributed by atoms with E-state index in [9.17, 15) is 0 Å². The van der Waals surface area contributed by atoms with Gasteiger partial charge in [0.25, 0.3) is 0 Å². The molecule has 0 aromatic heterocycles. The molecule has 3 rings (SSSR count). The molecular weight excluding hydrogens is 334 g/mol. The summed E-state index contributed by atoms with van der Waals surface area (Å²) < 4.78 is 11.9. The van der Waals surface area contributed by atoms with Gasteiger partial charge < -0.3 is 14.8 Å². The van der Waals surface area contributed by atoms with Crippen LogP contribution < -0.4 is 10.1 Å². The Balaban J connectivity index is 1.78. The number of nitrogens with one attached hydrogen (secondary N) is 1. The lowest BCUT2D eigenvalue weighted by atomic mass is 9.66. The third-order valence-corrected chi connectivity index (χ3v) is 6.12. The highest BCUT2D eigenvalue weighted by Gasteiger charge is 2.44. The van der Waals surface area contributed by atoms with Crippen LogP contribution in [-0.2, 0) is 16.7 Å². The predicted octanol–water partition coefficient (Wildman–Crippen LogP) is 5.09. The minimum atomic E-state index is -0.0709. The highest BCUT2D eigenvalue weighted by atomic mass is 16.5. The highest BCUT2D eigenvalue weighted by molar-refractivity contribution is 5.40. The molecular formula is C24H33NO2. The second-order valence-corrected chi connectivity index (χ2v) is 7.97. The van der Waals surface area contributed by atoms with E-state index in [0.717, 1.165) is 51.1 Å². The van der Waals surface area contributed by atoms with Crippen LogP contribution in [0.2, 0.25) is 0 Å². The van der Waals surface area contributed by atoms with Gasteiger partial charge in [0.15, 0.2) is 0 Å². The molecule has 0 aliphatic carbocycles. The Morgan fingerprint density at radius 1 is 1.07 bits per heavy atom. The van der Waals surface area contributed by atoms with E-state index in [1.54, 1.807) is 7.11 Å². The minimum absolute atomic E-state index is 0.0709. The van der Waals surface area contributed by atoms with Crippen molar-refractivity contribution in [2.75, 3.05) is 20.3 Å². The standard InChI is InChI=1S/C24H33NO2/c1-4-23(2)19-24(15-17-27-23,21-12-8-9-13-22(21)26-3)14-16-25-18-20-10-6-5-7-11-20/h5-13,25H,4,14-19H2,1-3H3/t23-,24+/m1/s1. The second kappa shape index (κ2) is 8.90. The first-order chi connectivity index (χ1) is 13.1. The van der Waals surface area contributed by atoms with Crippen LogP contribution >= 0.6 is 0 Å². The Kier molecular flexibility index (Phi) is 6.56. The number of rotatable bonds is 8. The van der Waals surface area contributed by atoms with Crippen LogP contribution in [0.15, 0.2) is 54.6 Å². The zero-order valence-corrected chi connectivity index (χ0v) is 17.0. The van der Waals surface area contributed by atoms with Crippen molar-refractivity contribution in [3.05, 3.63) is 65.7 Å². The molecule has 2 atom stereocenters. The van der Waals surface area contributed by atoms with E-state index in [1.807, 2.05) is 0 Å². The Hall–Kier alpha value is -1.84. The van der Waals surface area contributed by atoms with E-state index < -0.39 is 0 Å². The first-order valence-corrected chi connectivity index (χ1v) is 10.1. The summed E-state index contributed by atoms with van der Waals surface area (Å²) in [5.41, 5.74) is 2.67. The van der Waals surface area contributed by atoms with Crippen molar-refractivity contribution >= 4 is 0 Å². The fourth-order valence-electron chi connectivity index (χ4n) is 4.39. The summed E-state index contributed by atoms with van der Waals surface area (Å²) in [4.78, 5) is 0. The van der Waals surface area contributed by atoms with Crippen LogP contribution in [0.4, 0.5) is 0 Å². The molecule has 1 heterocycles. The molecule has 1 N–H and O–H groups in total. The van der Waals surface area contributed by atoms with Gasteiger partial charge >= 0.3 is 0 Å². The normalized spacial score (nSPS) is 25.3. The van der Waals surface area contributed by atoms with Crippen LogP contribution in [0.25, 0.3) is 0 Å². The fraction of sp³-hybridized carbons (Fsp3) is 0.500. The van der Waals surface area contributed by atoms with Crippen molar-refractivity contribution in [3.63, 3.8) is 0 Å². The molecule has 3 heteroatoms. The molecule has 0 radical (unpaired) electrons. The average Bonchev–Trinajstić information content (AvgIpc) is 2.72. The van der Waals surface area contributed by atoms with Gasteiger partial charge in [0.2, 0.25) is 0 Å². The van der Waals surface area contributed by atoms with Gasteiger partial charge in [-0.1, -0.05) is 55.5 Å². The summed E-state index contributed by atoms with van der Waals surface area (Å²) in [5, 5.41) is 3.64. The average molecular weight is 368 g/mol. The molecule has 1 aliphatic rings. The zero-order chi connectivity index (χ0) is 19.2. The SMILES string of the molecule is CC[C@]1(C)C[C@@](CCNCc2ccccc2)(c2ccccc2OC)CCO1. The van der Waals surface area contributed by atoms with Gasteiger partial charge in [-0.05, 0) is 50.8 Å². The predicted molar refractivity (Wildman–Crippen MR) is 111 cm³/mol. The first kappa shape index (κ1) is 19.9. The molecule has 2 aromatic carbocycles. The van der Waals surface area contributed by atoms with Gasteiger partial charge in [-0.2, -0.15) is 0 Å². The Morgan fingerprint density at radius 3 is 2.56 bits per heavy atom. The van der Waals surface area contributed by atoms with E-state index in [0.29, 0.717) is 0 Å². The molecule has 3 nitrogen and oxygen atoms in total. The van der Waals surface area contributed by atoms with E-state index in [2.05, 4.69) is 73.8 Å². The van der Waals surface area contributed by atoms with Gasteiger partial charge in [0.1, 0.15) is 5.75 Å². The van der Waals surface area contributed by atoms with E-state index >= 15 is 0 Å². The van der Waals surface area contributed by atoms with Gasteiger partial charge in [-0.25, -0.2) is 0 Å². The van der Waals surface area contributed by atoms with Crippen LogP contribution in [-0.4, -0.2) is 25.9 Å². The van der Waals surface area contributed by atoms with Crippen molar-refractivity contribution in [3.8, 4) is 5.75 Å². The van der Waals surface area contributed by atoms with E-state index in [4.69, 9.17) is 9.47 Å². The van der Waals surface area contributed by atoms with Crippen LogP contribution in [0.3, 0.4) is 0 Å². The Morgan fingerprint density at radius 2 is 1.81 bits per heavy atom.